The smallest absolute Gasteiger partial charge is 0.231 e. The third-order valence-electron chi connectivity index (χ3n) is 5.52. The van der Waals surface area contributed by atoms with Gasteiger partial charge in [0.2, 0.25) is 11.8 Å². The molecule has 4 rings (SSSR count). The first-order valence-corrected chi connectivity index (χ1v) is 9.39. The Balaban J connectivity index is 1.50. The Kier molecular flexibility index (Phi) is 4.27. The van der Waals surface area contributed by atoms with Gasteiger partial charge in [-0.3, -0.25) is 9.59 Å². The summed E-state index contributed by atoms with van der Waals surface area (Å²) in [6.07, 6.45) is 1.55. The molecular weight excluding hydrogens is 324 g/mol. The number of amides is 2. The number of carbonyl (C=O) groups excluding carboxylic acids is 2. The molecule has 1 fully saturated rings. The molecule has 2 amide bonds. The van der Waals surface area contributed by atoms with Gasteiger partial charge in [0.15, 0.2) is 0 Å². The van der Waals surface area contributed by atoms with Gasteiger partial charge in [0.1, 0.15) is 0 Å². The second kappa shape index (κ2) is 6.60. The first kappa shape index (κ1) is 16.8. The Bertz CT molecular complexity index is 833. The van der Waals surface area contributed by atoms with Crippen molar-refractivity contribution in [2.24, 2.45) is 11.8 Å². The van der Waals surface area contributed by atoms with Crippen LogP contribution >= 0.6 is 0 Å². The van der Waals surface area contributed by atoms with Crippen LogP contribution < -0.4 is 9.80 Å². The second-order valence-corrected chi connectivity index (χ2v) is 7.26. The van der Waals surface area contributed by atoms with Crippen molar-refractivity contribution in [2.75, 3.05) is 16.3 Å². The van der Waals surface area contributed by atoms with Crippen molar-refractivity contribution in [2.45, 2.75) is 32.7 Å². The fraction of sp³-hybridized carbons (Fsp3) is 0.364. The molecule has 3 unspecified atom stereocenters. The van der Waals surface area contributed by atoms with Gasteiger partial charge in [-0.15, -0.1) is 0 Å². The lowest BCUT2D eigenvalue weighted by Crippen LogP contribution is -2.39. The summed E-state index contributed by atoms with van der Waals surface area (Å²) >= 11 is 0. The molecule has 0 N–H and O–H groups in total. The van der Waals surface area contributed by atoms with Crippen molar-refractivity contribution < 1.29 is 9.59 Å². The molecular formula is C22H24N2O2. The molecule has 0 bridgehead atoms. The number of benzene rings is 2. The molecule has 4 heteroatoms. The van der Waals surface area contributed by atoms with E-state index in [1.165, 1.54) is 5.56 Å². The first-order chi connectivity index (χ1) is 12.6. The van der Waals surface area contributed by atoms with Crippen LogP contribution in [-0.2, 0) is 16.0 Å². The zero-order valence-corrected chi connectivity index (χ0v) is 15.3. The van der Waals surface area contributed by atoms with Crippen molar-refractivity contribution in [1.29, 1.82) is 0 Å². The summed E-state index contributed by atoms with van der Waals surface area (Å²) < 4.78 is 0. The molecule has 1 heterocycles. The number of para-hydroxylation sites is 2. The molecule has 4 nitrogen and oxygen atoms in total. The minimum Gasteiger partial charge on any atom is -0.312 e. The zero-order chi connectivity index (χ0) is 18.3. The normalized spacial score (nSPS) is 23.5. The topological polar surface area (TPSA) is 40.6 Å². The monoisotopic (exact) mass is 348 g/mol. The number of hydrogen-bond acceptors (Lipinski definition) is 2. The number of hydrogen-bond donors (Lipinski definition) is 0. The van der Waals surface area contributed by atoms with E-state index in [0.717, 1.165) is 17.8 Å². The number of carbonyl (C=O) groups is 2. The average molecular weight is 348 g/mol. The standard InChI is InChI=1S/C22H24N2O2/c1-3-23(17-10-5-4-6-11-17)21(25)18-14-19(18)22(26)24-15(2)13-16-9-7-8-12-20(16)24/h4-12,15,18-19H,3,13-14H2,1-2H3. The predicted molar refractivity (Wildman–Crippen MR) is 103 cm³/mol. The molecule has 1 aliphatic carbocycles. The van der Waals surface area contributed by atoms with E-state index in [9.17, 15) is 9.59 Å². The van der Waals surface area contributed by atoms with Gasteiger partial charge in [0.25, 0.3) is 0 Å². The van der Waals surface area contributed by atoms with Gasteiger partial charge in [-0.1, -0.05) is 36.4 Å². The van der Waals surface area contributed by atoms with Gasteiger partial charge in [0, 0.05) is 24.0 Å². The van der Waals surface area contributed by atoms with Gasteiger partial charge >= 0.3 is 0 Å². The Morgan fingerprint density at radius 3 is 2.46 bits per heavy atom. The summed E-state index contributed by atoms with van der Waals surface area (Å²) in [5, 5.41) is 0. The quantitative estimate of drug-likeness (QED) is 0.846. The molecule has 0 aromatic heterocycles. The van der Waals surface area contributed by atoms with E-state index in [2.05, 4.69) is 13.0 Å². The van der Waals surface area contributed by atoms with Crippen molar-refractivity contribution in [1.82, 2.24) is 0 Å². The SMILES string of the molecule is CCN(C(=O)C1CC1C(=O)N1c2ccccc2CC1C)c1ccccc1. The van der Waals surface area contributed by atoms with Gasteiger partial charge in [-0.25, -0.2) is 0 Å². The molecule has 2 aromatic carbocycles. The van der Waals surface area contributed by atoms with Crippen LogP contribution in [0.1, 0.15) is 25.8 Å². The Labute approximate surface area is 154 Å². The molecule has 0 radical (unpaired) electrons. The maximum atomic E-state index is 13.1. The van der Waals surface area contributed by atoms with E-state index < -0.39 is 0 Å². The van der Waals surface area contributed by atoms with E-state index in [-0.39, 0.29) is 29.7 Å². The van der Waals surface area contributed by atoms with Crippen molar-refractivity contribution in [3.8, 4) is 0 Å². The summed E-state index contributed by atoms with van der Waals surface area (Å²) in [5.41, 5.74) is 3.13. The first-order valence-electron chi connectivity index (χ1n) is 9.39. The average Bonchev–Trinajstić information content (AvgIpc) is 3.39. The highest BCUT2D eigenvalue weighted by Crippen LogP contribution is 2.45. The molecule has 1 saturated carbocycles. The lowest BCUT2D eigenvalue weighted by atomic mass is 10.1. The minimum atomic E-state index is -0.192. The highest BCUT2D eigenvalue weighted by molar-refractivity contribution is 6.06. The Hall–Kier alpha value is -2.62. The molecule has 2 aromatic rings. The van der Waals surface area contributed by atoms with Crippen molar-refractivity contribution >= 4 is 23.2 Å². The third kappa shape index (κ3) is 2.79. The summed E-state index contributed by atoms with van der Waals surface area (Å²) in [5.74, 6) is -0.210. The Morgan fingerprint density at radius 2 is 1.73 bits per heavy atom. The van der Waals surface area contributed by atoms with E-state index in [1.807, 2.05) is 60.4 Å². The molecule has 1 aliphatic heterocycles. The summed E-state index contributed by atoms with van der Waals surface area (Å²) in [4.78, 5) is 29.7. The molecule has 134 valence electrons. The molecule has 0 saturated heterocycles. The fourth-order valence-corrected chi connectivity index (χ4v) is 4.09. The zero-order valence-electron chi connectivity index (χ0n) is 15.3. The van der Waals surface area contributed by atoms with Gasteiger partial charge in [-0.2, -0.15) is 0 Å². The van der Waals surface area contributed by atoms with E-state index in [1.54, 1.807) is 4.90 Å². The van der Waals surface area contributed by atoms with Crippen LogP contribution in [0.5, 0.6) is 0 Å². The fourth-order valence-electron chi connectivity index (χ4n) is 4.09. The van der Waals surface area contributed by atoms with E-state index in [4.69, 9.17) is 0 Å². The predicted octanol–water partition coefficient (Wildman–Crippen LogP) is 3.65. The summed E-state index contributed by atoms with van der Waals surface area (Å²) in [6.45, 7) is 4.67. The Morgan fingerprint density at radius 1 is 1.04 bits per heavy atom. The lowest BCUT2D eigenvalue weighted by Gasteiger charge is -2.24. The lowest BCUT2D eigenvalue weighted by molar-refractivity contribution is -0.124. The van der Waals surface area contributed by atoms with Crippen molar-refractivity contribution in [3.63, 3.8) is 0 Å². The molecule has 0 spiro atoms. The molecule has 26 heavy (non-hydrogen) atoms. The van der Waals surface area contributed by atoms with Crippen LogP contribution in [0.2, 0.25) is 0 Å². The van der Waals surface area contributed by atoms with Gasteiger partial charge in [0.05, 0.1) is 11.8 Å². The number of nitrogens with zero attached hydrogens (tertiary/aromatic N) is 2. The maximum absolute atomic E-state index is 13.1. The number of fused-ring (bicyclic) bond motifs is 1. The maximum Gasteiger partial charge on any atom is 0.231 e. The van der Waals surface area contributed by atoms with Crippen LogP contribution in [-0.4, -0.2) is 24.4 Å². The summed E-state index contributed by atoms with van der Waals surface area (Å²) in [7, 11) is 0. The van der Waals surface area contributed by atoms with Crippen LogP contribution in [0.4, 0.5) is 11.4 Å². The number of anilines is 2. The van der Waals surface area contributed by atoms with Crippen LogP contribution in [0.25, 0.3) is 0 Å². The van der Waals surface area contributed by atoms with E-state index in [0.29, 0.717) is 13.0 Å². The highest BCUT2D eigenvalue weighted by Gasteiger charge is 2.52. The van der Waals surface area contributed by atoms with Crippen LogP contribution in [0, 0.1) is 11.8 Å². The minimum absolute atomic E-state index is 0.0668. The molecule has 2 aliphatic rings. The third-order valence-corrected chi connectivity index (χ3v) is 5.52. The van der Waals surface area contributed by atoms with Gasteiger partial charge < -0.3 is 9.80 Å². The summed E-state index contributed by atoms with van der Waals surface area (Å²) in [6, 6.07) is 17.9. The van der Waals surface area contributed by atoms with Gasteiger partial charge in [-0.05, 0) is 50.5 Å². The largest absolute Gasteiger partial charge is 0.312 e. The van der Waals surface area contributed by atoms with Crippen LogP contribution in [0.15, 0.2) is 54.6 Å². The van der Waals surface area contributed by atoms with Crippen LogP contribution in [0.3, 0.4) is 0 Å². The highest BCUT2D eigenvalue weighted by atomic mass is 16.2. The van der Waals surface area contributed by atoms with Crippen molar-refractivity contribution in [3.05, 3.63) is 60.2 Å². The second-order valence-electron chi connectivity index (χ2n) is 7.26. The molecule has 3 atom stereocenters. The van der Waals surface area contributed by atoms with E-state index >= 15 is 0 Å². The number of rotatable bonds is 4.